The summed E-state index contributed by atoms with van der Waals surface area (Å²) in [7, 11) is 6.12. The lowest BCUT2D eigenvalue weighted by molar-refractivity contribution is 0.401. The largest absolute Gasteiger partial charge is 0.384 e. The second-order valence-electron chi connectivity index (χ2n) is 4.65. The molecule has 0 radical (unpaired) electrons. The molecule has 0 aliphatic carbocycles. The smallest absolute Gasteiger partial charge is 0.124 e. The number of benzene rings is 1. The van der Waals surface area contributed by atoms with Crippen LogP contribution < -0.4 is 10.6 Å². The maximum atomic E-state index is 7.60. The number of nitrogen functional groups attached to an aromatic ring is 1. The summed E-state index contributed by atoms with van der Waals surface area (Å²) in [5.41, 5.74) is 7.23. The van der Waals surface area contributed by atoms with Crippen molar-refractivity contribution in [2.75, 3.05) is 39.1 Å². The summed E-state index contributed by atoms with van der Waals surface area (Å²) in [4.78, 5) is 4.26. The number of anilines is 1. The van der Waals surface area contributed by atoms with Crippen molar-refractivity contribution in [3.63, 3.8) is 0 Å². The average molecular weight is 269 g/mol. The van der Waals surface area contributed by atoms with E-state index in [4.69, 9.17) is 22.7 Å². The second kappa shape index (κ2) is 6.61. The summed E-state index contributed by atoms with van der Waals surface area (Å²) in [5.74, 6) is 0.0481. The standard InChI is InChI=1S/C13H21ClN4/c1-17(2)7-4-8-18(3)12-6-5-10(14)9-11(12)13(15)16/h5-6,9H,4,7-8H2,1-3H3,(H3,15,16). The van der Waals surface area contributed by atoms with E-state index in [9.17, 15) is 0 Å². The lowest BCUT2D eigenvalue weighted by Crippen LogP contribution is -2.26. The van der Waals surface area contributed by atoms with Crippen LogP contribution in [0.3, 0.4) is 0 Å². The van der Waals surface area contributed by atoms with E-state index >= 15 is 0 Å². The molecule has 0 atom stereocenters. The van der Waals surface area contributed by atoms with Gasteiger partial charge in [-0.3, -0.25) is 5.41 Å². The van der Waals surface area contributed by atoms with E-state index in [-0.39, 0.29) is 5.84 Å². The molecule has 0 aliphatic rings. The fourth-order valence-electron chi connectivity index (χ4n) is 1.80. The quantitative estimate of drug-likeness (QED) is 0.613. The molecule has 1 aromatic rings. The van der Waals surface area contributed by atoms with Gasteiger partial charge in [0.05, 0.1) is 0 Å². The van der Waals surface area contributed by atoms with E-state index in [0.717, 1.165) is 25.2 Å². The molecule has 18 heavy (non-hydrogen) atoms. The monoisotopic (exact) mass is 268 g/mol. The molecule has 1 aromatic carbocycles. The van der Waals surface area contributed by atoms with Crippen molar-refractivity contribution < 1.29 is 0 Å². The van der Waals surface area contributed by atoms with Crippen LogP contribution in [0.25, 0.3) is 0 Å². The predicted molar refractivity (Wildman–Crippen MR) is 78.9 cm³/mol. The van der Waals surface area contributed by atoms with Gasteiger partial charge in [0.15, 0.2) is 0 Å². The molecule has 100 valence electrons. The summed E-state index contributed by atoms with van der Waals surface area (Å²) >= 11 is 5.93. The Bertz CT molecular complexity index is 417. The molecule has 3 N–H and O–H groups in total. The molecule has 4 nitrogen and oxygen atoms in total. The summed E-state index contributed by atoms with van der Waals surface area (Å²) in [6.07, 6.45) is 1.06. The highest BCUT2D eigenvalue weighted by Crippen LogP contribution is 2.23. The minimum Gasteiger partial charge on any atom is -0.384 e. The Morgan fingerprint density at radius 2 is 1.94 bits per heavy atom. The molecule has 1 rings (SSSR count). The van der Waals surface area contributed by atoms with Gasteiger partial charge in [0, 0.05) is 29.9 Å². The zero-order chi connectivity index (χ0) is 13.7. The highest BCUT2D eigenvalue weighted by atomic mass is 35.5. The predicted octanol–water partition coefficient (Wildman–Crippen LogP) is 2.01. The van der Waals surface area contributed by atoms with Gasteiger partial charge >= 0.3 is 0 Å². The minimum atomic E-state index is 0.0481. The Morgan fingerprint density at radius 1 is 1.28 bits per heavy atom. The van der Waals surface area contributed by atoms with Crippen molar-refractivity contribution in [1.82, 2.24) is 4.90 Å². The number of hydrogen-bond acceptors (Lipinski definition) is 3. The van der Waals surface area contributed by atoms with Gasteiger partial charge in [-0.2, -0.15) is 0 Å². The minimum absolute atomic E-state index is 0.0481. The van der Waals surface area contributed by atoms with E-state index in [0.29, 0.717) is 10.6 Å². The Morgan fingerprint density at radius 3 is 2.50 bits per heavy atom. The van der Waals surface area contributed by atoms with E-state index < -0.39 is 0 Å². The van der Waals surface area contributed by atoms with E-state index in [1.165, 1.54) is 0 Å². The second-order valence-corrected chi connectivity index (χ2v) is 5.09. The maximum Gasteiger partial charge on any atom is 0.124 e. The highest BCUT2D eigenvalue weighted by molar-refractivity contribution is 6.31. The molecule has 0 amide bonds. The van der Waals surface area contributed by atoms with Crippen LogP contribution in [0.1, 0.15) is 12.0 Å². The highest BCUT2D eigenvalue weighted by Gasteiger charge is 2.10. The fourth-order valence-corrected chi connectivity index (χ4v) is 1.97. The van der Waals surface area contributed by atoms with Crippen LogP contribution in [0.5, 0.6) is 0 Å². The van der Waals surface area contributed by atoms with Gasteiger partial charge in [0.2, 0.25) is 0 Å². The lowest BCUT2D eigenvalue weighted by atomic mass is 10.1. The Balaban J connectivity index is 2.78. The molecule has 0 saturated heterocycles. The van der Waals surface area contributed by atoms with Gasteiger partial charge in [0.1, 0.15) is 5.84 Å². The number of nitrogens with two attached hydrogens (primary N) is 1. The van der Waals surface area contributed by atoms with Crippen molar-refractivity contribution in [3.8, 4) is 0 Å². The summed E-state index contributed by atoms with van der Waals surface area (Å²) in [6.45, 7) is 1.95. The molecule has 0 spiro atoms. The van der Waals surface area contributed by atoms with Crippen molar-refractivity contribution in [1.29, 1.82) is 5.41 Å². The van der Waals surface area contributed by atoms with Crippen molar-refractivity contribution >= 4 is 23.1 Å². The number of rotatable bonds is 6. The third kappa shape index (κ3) is 4.20. The normalized spacial score (nSPS) is 10.7. The van der Waals surface area contributed by atoms with Crippen molar-refractivity contribution in [3.05, 3.63) is 28.8 Å². The fraction of sp³-hybridized carbons (Fsp3) is 0.462. The summed E-state index contributed by atoms with van der Waals surface area (Å²) in [6, 6.07) is 5.47. The van der Waals surface area contributed by atoms with Crippen molar-refractivity contribution in [2.45, 2.75) is 6.42 Å². The Kier molecular flexibility index (Phi) is 5.44. The van der Waals surface area contributed by atoms with Gasteiger partial charge in [-0.1, -0.05) is 11.6 Å². The first kappa shape index (κ1) is 14.8. The summed E-state index contributed by atoms with van der Waals surface area (Å²) < 4.78 is 0. The third-order valence-corrected chi connectivity index (χ3v) is 2.99. The first-order chi connectivity index (χ1) is 8.41. The van der Waals surface area contributed by atoms with Crippen molar-refractivity contribution in [2.24, 2.45) is 5.73 Å². The summed E-state index contributed by atoms with van der Waals surface area (Å²) in [5, 5.41) is 8.20. The topological polar surface area (TPSA) is 56.4 Å². The maximum absolute atomic E-state index is 7.60. The third-order valence-electron chi connectivity index (χ3n) is 2.76. The molecule has 0 fully saturated rings. The molecular weight excluding hydrogens is 248 g/mol. The van der Waals surface area contributed by atoms with Gasteiger partial charge < -0.3 is 15.5 Å². The first-order valence-corrected chi connectivity index (χ1v) is 6.29. The van der Waals surface area contributed by atoms with Gasteiger partial charge in [0.25, 0.3) is 0 Å². The number of nitrogens with one attached hydrogen (secondary N) is 1. The van der Waals surface area contributed by atoms with Crippen LogP contribution in [-0.2, 0) is 0 Å². The molecule has 0 aliphatic heterocycles. The van der Waals surface area contributed by atoms with Gasteiger partial charge in [-0.05, 0) is 45.3 Å². The lowest BCUT2D eigenvalue weighted by Gasteiger charge is -2.23. The van der Waals surface area contributed by atoms with E-state index in [1.807, 2.05) is 19.2 Å². The molecular formula is C13H21ClN4. The van der Waals surface area contributed by atoms with E-state index in [2.05, 4.69) is 23.9 Å². The number of hydrogen-bond donors (Lipinski definition) is 2. The van der Waals surface area contributed by atoms with Crippen LogP contribution in [0.15, 0.2) is 18.2 Å². The molecule has 0 bridgehead atoms. The Hall–Kier alpha value is -1.26. The van der Waals surface area contributed by atoms with Crippen LogP contribution >= 0.6 is 11.6 Å². The molecule has 0 saturated carbocycles. The SMILES string of the molecule is CN(C)CCCN(C)c1ccc(Cl)cc1C(=N)N. The molecule has 0 aromatic heterocycles. The first-order valence-electron chi connectivity index (χ1n) is 5.91. The Labute approximate surface area is 114 Å². The van der Waals surface area contributed by atoms with Crippen LogP contribution in [0.4, 0.5) is 5.69 Å². The van der Waals surface area contributed by atoms with Gasteiger partial charge in [-0.15, -0.1) is 0 Å². The number of amidine groups is 1. The molecule has 5 heteroatoms. The zero-order valence-electron chi connectivity index (χ0n) is 11.2. The molecule has 0 heterocycles. The van der Waals surface area contributed by atoms with Gasteiger partial charge in [-0.25, -0.2) is 0 Å². The van der Waals surface area contributed by atoms with Crippen LogP contribution in [-0.4, -0.2) is 45.0 Å². The molecule has 0 unspecified atom stereocenters. The van der Waals surface area contributed by atoms with E-state index in [1.54, 1.807) is 6.07 Å². The average Bonchev–Trinajstić information content (AvgIpc) is 2.28. The zero-order valence-corrected chi connectivity index (χ0v) is 12.0. The number of halogens is 1. The van der Waals surface area contributed by atoms with Crippen LogP contribution in [0.2, 0.25) is 5.02 Å². The van der Waals surface area contributed by atoms with Crippen LogP contribution in [0, 0.1) is 5.41 Å². The number of nitrogens with zero attached hydrogens (tertiary/aromatic N) is 2.